The van der Waals surface area contributed by atoms with Gasteiger partial charge in [-0.25, -0.2) is 9.48 Å². The largest absolute Gasteiger partial charge is 0.451 e. The van der Waals surface area contributed by atoms with Gasteiger partial charge in [0.2, 0.25) is 0 Å². The van der Waals surface area contributed by atoms with E-state index in [2.05, 4.69) is 10.4 Å². The maximum absolute atomic E-state index is 12.8. The lowest BCUT2D eigenvalue weighted by molar-refractivity contribution is -0.130. The molecule has 0 unspecified atom stereocenters. The highest BCUT2D eigenvalue weighted by Gasteiger charge is 2.51. The van der Waals surface area contributed by atoms with Gasteiger partial charge in [-0.05, 0) is 81.4 Å². The predicted molar refractivity (Wildman–Crippen MR) is 128 cm³/mol. The summed E-state index contributed by atoms with van der Waals surface area (Å²) in [5.41, 5.74) is 1.49. The minimum atomic E-state index is -0.484. The van der Waals surface area contributed by atoms with Gasteiger partial charge in [-0.3, -0.25) is 4.79 Å². The summed E-state index contributed by atoms with van der Waals surface area (Å²) in [6.45, 7) is 1.65. The van der Waals surface area contributed by atoms with E-state index in [-0.39, 0.29) is 18.1 Å². The molecule has 4 aliphatic carbocycles. The highest BCUT2D eigenvalue weighted by molar-refractivity contribution is 7.20. The number of fused-ring (bicyclic) bond motifs is 1. The Labute approximate surface area is 201 Å². The summed E-state index contributed by atoms with van der Waals surface area (Å²) >= 11 is 7.66. The molecule has 1 amide bonds. The van der Waals surface area contributed by atoms with E-state index < -0.39 is 5.97 Å². The Balaban J connectivity index is 1.15. The van der Waals surface area contributed by atoms with Gasteiger partial charge in [0.05, 0.1) is 16.4 Å². The van der Waals surface area contributed by atoms with Crippen LogP contribution in [0.5, 0.6) is 0 Å². The van der Waals surface area contributed by atoms with Gasteiger partial charge in [-0.2, -0.15) is 5.10 Å². The number of thiophene rings is 1. The molecular formula is C25H26ClN3O3S. The molecule has 0 spiro atoms. The summed E-state index contributed by atoms with van der Waals surface area (Å²) in [7, 11) is 0. The van der Waals surface area contributed by atoms with Crippen LogP contribution in [0.2, 0.25) is 5.02 Å². The Morgan fingerprint density at radius 3 is 2.52 bits per heavy atom. The molecular weight excluding hydrogens is 458 g/mol. The molecule has 8 heteroatoms. The predicted octanol–water partition coefficient (Wildman–Crippen LogP) is 5.29. The number of esters is 1. The fraction of sp³-hybridized carbons (Fsp3) is 0.480. The first kappa shape index (κ1) is 21.2. The molecule has 2 aromatic heterocycles. The minimum absolute atomic E-state index is 0.0780. The summed E-state index contributed by atoms with van der Waals surface area (Å²) < 4.78 is 7.17. The Hall–Kier alpha value is -2.38. The number of benzene rings is 1. The van der Waals surface area contributed by atoms with E-state index in [4.69, 9.17) is 16.3 Å². The van der Waals surface area contributed by atoms with Crippen molar-refractivity contribution in [1.82, 2.24) is 15.1 Å². The van der Waals surface area contributed by atoms with Crippen molar-refractivity contribution >= 4 is 45.0 Å². The molecule has 1 aromatic carbocycles. The number of carbonyl (C=O) groups is 2. The van der Waals surface area contributed by atoms with Crippen LogP contribution in [0.3, 0.4) is 0 Å². The third-order valence-electron chi connectivity index (χ3n) is 7.60. The summed E-state index contributed by atoms with van der Waals surface area (Å²) in [5.74, 6) is 1.57. The Morgan fingerprint density at radius 1 is 1.18 bits per heavy atom. The molecule has 2 heterocycles. The molecule has 4 bridgehead atoms. The quantitative estimate of drug-likeness (QED) is 0.500. The fourth-order valence-corrected chi connectivity index (χ4v) is 8.02. The van der Waals surface area contributed by atoms with E-state index in [9.17, 15) is 9.59 Å². The number of halogens is 1. The molecule has 33 heavy (non-hydrogen) atoms. The van der Waals surface area contributed by atoms with Crippen molar-refractivity contribution < 1.29 is 14.3 Å². The summed E-state index contributed by atoms with van der Waals surface area (Å²) in [6, 6.07) is 9.25. The zero-order valence-electron chi connectivity index (χ0n) is 18.5. The van der Waals surface area contributed by atoms with Gasteiger partial charge in [-0.15, -0.1) is 11.3 Å². The third kappa shape index (κ3) is 3.75. The lowest BCUT2D eigenvalue weighted by Crippen LogP contribution is -2.60. The number of para-hydroxylation sites is 1. The van der Waals surface area contributed by atoms with Gasteiger partial charge >= 0.3 is 5.97 Å². The number of carbonyl (C=O) groups excluding carboxylic acids is 2. The lowest BCUT2D eigenvalue weighted by Gasteiger charge is -2.56. The highest BCUT2D eigenvalue weighted by Crippen LogP contribution is 2.55. The van der Waals surface area contributed by atoms with Gasteiger partial charge in [0.15, 0.2) is 6.61 Å². The van der Waals surface area contributed by atoms with Crippen LogP contribution in [0.4, 0.5) is 0 Å². The highest BCUT2D eigenvalue weighted by atomic mass is 35.5. The van der Waals surface area contributed by atoms with Crippen LogP contribution in [-0.4, -0.2) is 33.8 Å². The number of nitrogens with one attached hydrogen (secondary N) is 1. The van der Waals surface area contributed by atoms with E-state index in [0.717, 1.165) is 58.6 Å². The molecule has 4 aliphatic rings. The van der Waals surface area contributed by atoms with Crippen molar-refractivity contribution in [2.75, 3.05) is 6.61 Å². The minimum Gasteiger partial charge on any atom is -0.451 e. The van der Waals surface area contributed by atoms with Crippen molar-refractivity contribution in [2.45, 2.75) is 51.0 Å². The topological polar surface area (TPSA) is 73.2 Å². The molecule has 1 N–H and O–H groups in total. The van der Waals surface area contributed by atoms with Gasteiger partial charge in [0.25, 0.3) is 5.91 Å². The zero-order chi connectivity index (χ0) is 22.7. The normalized spacial score (nSPS) is 27.8. The lowest BCUT2D eigenvalue weighted by atomic mass is 9.53. The first-order valence-electron chi connectivity index (χ1n) is 11.6. The standard InChI is InChI=1S/C25H26ClN3O3S/c1-14-18-9-21(33-23(18)29(28-14)20-5-3-2-4-19(20)26)24(31)32-13-22(30)27-25-10-15-6-16(11-25)8-17(7-15)12-25/h2-5,9,15-17H,6-8,10-13H2,1H3,(H,27,30). The average Bonchev–Trinajstić information content (AvgIpc) is 3.32. The average molecular weight is 484 g/mol. The summed E-state index contributed by atoms with van der Waals surface area (Å²) in [6.07, 6.45) is 7.19. The van der Waals surface area contributed by atoms with Crippen molar-refractivity contribution in [3.05, 3.63) is 45.9 Å². The maximum Gasteiger partial charge on any atom is 0.348 e. The van der Waals surface area contributed by atoms with E-state index in [1.54, 1.807) is 10.7 Å². The van der Waals surface area contributed by atoms with Gasteiger partial charge < -0.3 is 10.1 Å². The number of rotatable bonds is 5. The van der Waals surface area contributed by atoms with Crippen molar-refractivity contribution in [3.63, 3.8) is 0 Å². The van der Waals surface area contributed by atoms with Crippen LogP contribution in [0, 0.1) is 24.7 Å². The Bertz CT molecular complexity index is 1230. The van der Waals surface area contributed by atoms with E-state index >= 15 is 0 Å². The SMILES string of the molecule is Cc1nn(-c2ccccc2Cl)c2sc(C(=O)OCC(=O)NC34CC5CC(CC(C5)C3)C4)cc12. The monoisotopic (exact) mass is 483 g/mol. The Kier molecular flexibility index (Phi) is 5.03. The second-order valence-electron chi connectivity index (χ2n) is 10.1. The van der Waals surface area contributed by atoms with Gasteiger partial charge in [-0.1, -0.05) is 23.7 Å². The van der Waals surface area contributed by atoms with Crippen LogP contribution in [0.15, 0.2) is 30.3 Å². The number of aromatic nitrogens is 2. The summed E-state index contributed by atoms with van der Waals surface area (Å²) in [5, 5.41) is 9.31. The Morgan fingerprint density at radius 2 is 1.85 bits per heavy atom. The van der Waals surface area contributed by atoms with E-state index in [1.165, 1.54) is 30.6 Å². The number of hydrogen-bond acceptors (Lipinski definition) is 5. The van der Waals surface area contributed by atoms with Gasteiger partial charge in [0, 0.05) is 10.9 Å². The number of ether oxygens (including phenoxy) is 1. The molecule has 7 rings (SSSR count). The zero-order valence-corrected chi connectivity index (χ0v) is 20.0. The first-order chi connectivity index (χ1) is 15.9. The van der Waals surface area contributed by atoms with Crippen LogP contribution < -0.4 is 5.32 Å². The first-order valence-corrected chi connectivity index (χ1v) is 12.8. The van der Waals surface area contributed by atoms with Crippen LogP contribution >= 0.6 is 22.9 Å². The van der Waals surface area contributed by atoms with Crippen molar-refractivity contribution in [1.29, 1.82) is 0 Å². The second-order valence-corrected chi connectivity index (χ2v) is 11.5. The molecule has 0 aliphatic heterocycles. The number of amides is 1. The number of aryl methyl sites for hydroxylation is 1. The van der Waals surface area contributed by atoms with Crippen LogP contribution in [0.1, 0.15) is 53.9 Å². The van der Waals surface area contributed by atoms with Crippen LogP contribution in [-0.2, 0) is 9.53 Å². The molecule has 3 aromatic rings. The molecule has 172 valence electrons. The fourth-order valence-electron chi connectivity index (χ4n) is 6.73. The van der Waals surface area contributed by atoms with Crippen molar-refractivity contribution in [2.24, 2.45) is 17.8 Å². The molecule has 4 fully saturated rings. The summed E-state index contributed by atoms with van der Waals surface area (Å²) in [4.78, 5) is 26.7. The van der Waals surface area contributed by atoms with Gasteiger partial charge in [0.1, 0.15) is 9.71 Å². The molecule has 4 saturated carbocycles. The van der Waals surface area contributed by atoms with Crippen molar-refractivity contribution in [3.8, 4) is 5.69 Å². The van der Waals surface area contributed by atoms with E-state index in [0.29, 0.717) is 9.90 Å². The second kappa shape index (κ2) is 7.84. The van der Waals surface area contributed by atoms with E-state index in [1.807, 2.05) is 31.2 Å². The smallest absolute Gasteiger partial charge is 0.348 e. The molecule has 0 atom stereocenters. The third-order valence-corrected chi connectivity index (χ3v) is 9.01. The number of hydrogen-bond donors (Lipinski definition) is 1. The number of nitrogens with zero attached hydrogens (tertiary/aromatic N) is 2. The van der Waals surface area contributed by atoms with Crippen LogP contribution in [0.25, 0.3) is 15.9 Å². The maximum atomic E-state index is 12.8. The molecule has 0 radical (unpaired) electrons. The molecule has 0 saturated heterocycles. The molecule has 6 nitrogen and oxygen atoms in total.